The second-order valence-corrected chi connectivity index (χ2v) is 6.49. The lowest BCUT2D eigenvalue weighted by Crippen LogP contribution is -2.22. The highest BCUT2D eigenvalue weighted by molar-refractivity contribution is 5.99. The van der Waals surface area contributed by atoms with Crippen LogP contribution >= 0.6 is 0 Å². The van der Waals surface area contributed by atoms with Gasteiger partial charge in [0.2, 0.25) is 5.88 Å². The third kappa shape index (κ3) is 3.66. The van der Waals surface area contributed by atoms with Crippen molar-refractivity contribution in [1.82, 2.24) is 19.9 Å². The van der Waals surface area contributed by atoms with Crippen LogP contribution in [0.2, 0.25) is 0 Å². The number of aromatic nitrogens is 3. The Morgan fingerprint density at radius 1 is 1.10 bits per heavy atom. The number of hydrogen-bond acceptors (Lipinski definition) is 5. The molecule has 144 valence electrons. The van der Waals surface area contributed by atoms with E-state index >= 15 is 0 Å². The molecule has 2 aromatic carbocycles. The van der Waals surface area contributed by atoms with Crippen LogP contribution in [-0.2, 0) is 6.54 Å². The van der Waals surface area contributed by atoms with Crippen molar-refractivity contribution in [2.45, 2.75) is 6.54 Å². The molecule has 0 saturated carbocycles. The van der Waals surface area contributed by atoms with Crippen LogP contribution in [0.25, 0.3) is 22.7 Å². The quantitative estimate of drug-likeness (QED) is 0.456. The standard InChI is InChI=1S/C22H18N4O3/c1-14(27)16-7-9-17(10-8-16)19-11-20(28)26-21(25-19)18(13-24-26)22(29)23-12-15-5-3-2-4-6-15/h2-11,13,27-28H,1,12H2,(H,23,29). The fourth-order valence-electron chi connectivity index (χ4n) is 2.96. The Balaban J connectivity index is 1.65. The first kappa shape index (κ1) is 18.2. The van der Waals surface area contributed by atoms with Gasteiger partial charge in [0.1, 0.15) is 11.3 Å². The fraction of sp³-hybridized carbons (Fsp3) is 0.0455. The number of benzene rings is 2. The van der Waals surface area contributed by atoms with Crippen molar-refractivity contribution in [3.05, 3.63) is 90.1 Å². The van der Waals surface area contributed by atoms with E-state index in [1.807, 2.05) is 30.3 Å². The van der Waals surface area contributed by atoms with Crippen LogP contribution in [0.1, 0.15) is 21.5 Å². The highest BCUT2D eigenvalue weighted by Crippen LogP contribution is 2.25. The normalized spacial score (nSPS) is 10.8. The SMILES string of the molecule is C=C(O)c1ccc(-c2cc(O)n3ncc(C(=O)NCc4ccccc4)c3n2)cc1. The Kier molecular flexibility index (Phi) is 4.70. The summed E-state index contributed by atoms with van der Waals surface area (Å²) in [6, 6.07) is 17.9. The highest BCUT2D eigenvalue weighted by atomic mass is 16.3. The first-order chi connectivity index (χ1) is 14.0. The number of aliphatic hydroxyl groups excluding tert-OH is 1. The molecule has 0 aliphatic carbocycles. The highest BCUT2D eigenvalue weighted by Gasteiger charge is 2.17. The third-order valence-corrected chi connectivity index (χ3v) is 4.51. The van der Waals surface area contributed by atoms with Gasteiger partial charge in [-0.2, -0.15) is 9.61 Å². The molecule has 4 aromatic rings. The van der Waals surface area contributed by atoms with Gasteiger partial charge in [-0.15, -0.1) is 0 Å². The largest absolute Gasteiger partial charge is 0.508 e. The third-order valence-electron chi connectivity index (χ3n) is 4.51. The molecule has 1 amide bonds. The number of carbonyl (C=O) groups excluding carboxylic acids is 1. The van der Waals surface area contributed by atoms with Gasteiger partial charge in [-0.25, -0.2) is 4.98 Å². The van der Waals surface area contributed by atoms with Gasteiger partial charge in [-0.05, 0) is 5.56 Å². The second-order valence-electron chi connectivity index (χ2n) is 6.49. The average molecular weight is 386 g/mol. The lowest BCUT2D eigenvalue weighted by molar-refractivity contribution is 0.0952. The molecule has 0 aliphatic heterocycles. The number of fused-ring (bicyclic) bond motifs is 1. The van der Waals surface area contributed by atoms with Gasteiger partial charge in [0, 0.05) is 23.7 Å². The van der Waals surface area contributed by atoms with Crippen molar-refractivity contribution in [1.29, 1.82) is 0 Å². The maximum atomic E-state index is 12.6. The van der Waals surface area contributed by atoms with Crippen molar-refractivity contribution in [2.75, 3.05) is 0 Å². The zero-order chi connectivity index (χ0) is 20.4. The van der Waals surface area contributed by atoms with Crippen molar-refractivity contribution in [3.8, 4) is 17.1 Å². The zero-order valence-electron chi connectivity index (χ0n) is 15.4. The van der Waals surface area contributed by atoms with Crippen LogP contribution in [0.4, 0.5) is 0 Å². The van der Waals surface area contributed by atoms with Crippen LogP contribution < -0.4 is 5.32 Å². The molecule has 0 atom stereocenters. The molecule has 0 fully saturated rings. The lowest BCUT2D eigenvalue weighted by atomic mass is 10.1. The molecule has 0 unspecified atom stereocenters. The summed E-state index contributed by atoms with van der Waals surface area (Å²) >= 11 is 0. The molecular weight excluding hydrogens is 368 g/mol. The Labute approximate surface area is 166 Å². The number of aromatic hydroxyl groups is 1. The molecule has 0 radical (unpaired) electrons. The van der Waals surface area contributed by atoms with Gasteiger partial charge in [0.25, 0.3) is 5.91 Å². The minimum atomic E-state index is -0.333. The number of nitrogens with zero attached hydrogens (tertiary/aromatic N) is 3. The van der Waals surface area contributed by atoms with E-state index in [1.54, 1.807) is 24.3 Å². The molecule has 2 aromatic heterocycles. The Morgan fingerprint density at radius 3 is 2.52 bits per heavy atom. The lowest BCUT2D eigenvalue weighted by Gasteiger charge is -2.07. The van der Waals surface area contributed by atoms with E-state index in [4.69, 9.17) is 0 Å². The summed E-state index contributed by atoms with van der Waals surface area (Å²) in [6.45, 7) is 3.86. The van der Waals surface area contributed by atoms with E-state index in [1.165, 1.54) is 16.8 Å². The zero-order valence-corrected chi connectivity index (χ0v) is 15.4. The molecule has 0 spiro atoms. The van der Waals surface area contributed by atoms with Crippen LogP contribution in [0.15, 0.2) is 73.4 Å². The summed E-state index contributed by atoms with van der Waals surface area (Å²) in [6.07, 6.45) is 1.38. The number of aliphatic hydroxyl groups is 1. The summed E-state index contributed by atoms with van der Waals surface area (Å²) in [5.74, 6) is -0.501. The Hall–Kier alpha value is -4.13. The summed E-state index contributed by atoms with van der Waals surface area (Å²) < 4.78 is 1.21. The molecule has 7 heteroatoms. The molecule has 2 heterocycles. The maximum Gasteiger partial charge on any atom is 0.257 e. The van der Waals surface area contributed by atoms with Gasteiger partial charge < -0.3 is 15.5 Å². The van der Waals surface area contributed by atoms with E-state index < -0.39 is 0 Å². The smallest absolute Gasteiger partial charge is 0.257 e. The molecule has 7 nitrogen and oxygen atoms in total. The van der Waals surface area contributed by atoms with E-state index in [0.29, 0.717) is 23.4 Å². The minimum Gasteiger partial charge on any atom is -0.508 e. The van der Waals surface area contributed by atoms with Gasteiger partial charge in [-0.3, -0.25) is 4.79 Å². The number of rotatable bonds is 5. The predicted octanol–water partition coefficient (Wildman–Crippen LogP) is 3.56. The maximum absolute atomic E-state index is 12.6. The van der Waals surface area contributed by atoms with Crippen molar-refractivity contribution in [2.24, 2.45) is 0 Å². The van der Waals surface area contributed by atoms with Crippen LogP contribution in [-0.4, -0.2) is 30.7 Å². The van der Waals surface area contributed by atoms with Crippen molar-refractivity contribution in [3.63, 3.8) is 0 Å². The van der Waals surface area contributed by atoms with Gasteiger partial charge >= 0.3 is 0 Å². The first-order valence-electron chi connectivity index (χ1n) is 8.91. The second kappa shape index (κ2) is 7.47. The Morgan fingerprint density at radius 2 is 1.83 bits per heavy atom. The molecule has 3 N–H and O–H groups in total. The van der Waals surface area contributed by atoms with Crippen LogP contribution in [0, 0.1) is 0 Å². The molecule has 4 rings (SSSR count). The first-order valence-corrected chi connectivity index (χ1v) is 8.91. The fourth-order valence-corrected chi connectivity index (χ4v) is 2.96. The molecule has 0 aliphatic rings. The number of hydrogen-bond donors (Lipinski definition) is 3. The Bertz CT molecular complexity index is 1200. The van der Waals surface area contributed by atoms with Gasteiger partial charge in [0.05, 0.1) is 11.9 Å². The van der Waals surface area contributed by atoms with E-state index in [-0.39, 0.29) is 28.8 Å². The van der Waals surface area contributed by atoms with Gasteiger partial charge in [-0.1, -0.05) is 61.2 Å². The molecule has 29 heavy (non-hydrogen) atoms. The minimum absolute atomic E-state index is 0.0315. The van der Waals surface area contributed by atoms with Crippen molar-refractivity contribution < 1.29 is 15.0 Å². The van der Waals surface area contributed by atoms with E-state index in [9.17, 15) is 15.0 Å². The summed E-state index contributed by atoms with van der Waals surface area (Å²) in [5, 5.41) is 26.7. The number of carbonyl (C=O) groups is 1. The van der Waals surface area contributed by atoms with E-state index in [2.05, 4.69) is 22.0 Å². The number of amides is 1. The van der Waals surface area contributed by atoms with Crippen LogP contribution in [0.5, 0.6) is 5.88 Å². The molecule has 0 bridgehead atoms. The van der Waals surface area contributed by atoms with Crippen LogP contribution in [0.3, 0.4) is 0 Å². The van der Waals surface area contributed by atoms with Gasteiger partial charge in [0.15, 0.2) is 5.65 Å². The molecule has 0 saturated heterocycles. The monoisotopic (exact) mass is 386 g/mol. The average Bonchev–Trinajstić information content (AvgIpc) is 3.17. The summed E-state index contributed by atoms with van der Waals surface area (Å²) in [4.78, 5) is 17.2. The topological polar surface area (TPSA) is 99.8 Å². The number of nitrogens with one attached hydrogen (secondary N) is 1. The summed E-state index contributed by atoms with van der Waals surface area (Å²) in [7, 11) is 0. The van der Waals surface area contributed by atoms with E-state index in [0.717, 1.165) is 5.56 Å². The summed E-state index contributed by atoms with van der Waals surface area (Å²) in [5.41, 5.74) is 3.26. The van der Waals surface area contributed by atoms with Crippen molar-refractivity contribution >= 4 is 17.3 Å². The molecular formula is C22H18N4O3. The predicted molar refractivity (Wildman–Crippen MR) is 109 cm³/mol.